The van der Waals surface area contributed by atoms with Crippen molar-refractivity contribution >= 4 is 22.6 Å². The van der Waals surface area contributed by atoms with Crippen LogP contribution in [0.1, 0.15) is 73.4 Å². The molecule has 1 saturated heterocycles. The Morgan fingerprint density at radius 2 is 1.79 bits per heavy atom. The number of Topliss-reactive ketones (excluding diaryl/α,β-unsaturated/α-hetero) is 1. The molecule has 1 N–H and O–H groups in total. The van der Waals surface area contributed by atoms with Gasteiger partial charge in [0.05, 0.1) is 12.7 Å². The summed E-state index contributed by atoms with van der Waals surface area (Å²) < 4.78 is 13.1. The number of benzene rings is 1. The lowest BCUT2D eigenvalue weighted by molar-refractivity contribution is -0.152. The highest BCUT2D eigenvalue weighted by atomic mass is 16.5. The summed E-state index contributed by atoms with van der Waals surface area (Å²) in [6.45, 7) is 11.0. The predicted molar refractivity (Wildman–Crippen MR) is 153 cm³/mol. The number of hydrogen-bond acceptors (Lipinski definition) is 5. The van der Waals surface area contributed by atoms with E-state index in [9.17, 15) is 14.4 Å². The van der Waals surface area contributed by atoms with Crippen molar-refractivity contribution in [1.29, 1.82) is 0 Å². The van der Waals surface area contributed by atoms with E-state index in [0.29, 0.717) is 36.7 Å². The number of rotatable bonds is 9. The van der Waals surface area contributed by atoms with Crippen LogP contribution in [-0.4, -0.2) is 59.1 Å². The summed E-state index contributed by atoms with van der Waals surface area (Å²) in [7, 11) is 3.11. The number of carbonyl (C=O) groups excluding carboxylic acids is 2. The van der Waals surface area contributed by atoms with Gasteiger partial charge in [0.2, 0.25) is 0 Å². The summed E-state index contributed by atoms with van der Waals surface area (Å²) in [5.41, 5.74) is 2.87. The molecule has 8 heteroatoms. The highest BCUT2D eigenvalue weighted by Gasteiger charge is 2.36. The molecule has 1 aliphatic rings. The molecule has 8 nitrogen and oxygen atoms in total. The maximum Gasteiger partial charge on any atom is 0.255 e. The molecule has 1 amide bonds. The Kier molecular flexibility index (Phi) is 8.35. The molecule has 4 rings (SSSR count). The van der Waals surface area contributed by atoms with Crippen LogP contribution in [0.3, 0.4) is 0 Å². The number of pyridine rings is 1. The zero-order valence-corrected chi connectivity index (χ0v) is 24.2. The van der Waals surface area contributed by atoms with E-state index in [1.54, 1.807) is 20.1 Å². The van der Waals surface area contributed by atoms with Gasteiger partial charge in [-0.05, 0) is 71.9 Å². The molecule has 210 valence electrons. The molecule has 1 atom stereocenters. The molecule has 0 saturated carbocycles. The van der Waals surface area contributed by atoms with Gasteiger partial charge in [0.15, 0.2) is 5.78 Å². The van der Waals surface area contributed by atoms with Crippen molar-refractivity contribution in [3.05, 3.63) is 63.2 Å². The van der Waals surface area contributed by atoms with E-state index in [4.69, 9.17) is 9.47 Å². The number of ether oxygens (including phenoxy) is 2. The second-order valence-corrected chi connectivity index (χ2v) is 11.2. The van der Waals surface area contributed by atoms with Crippen LogP contribution in [-0.2, 0) is 16.0 Å². The number of aryl methyl sites for hydroxylation is 1. The van der Waals surface area contributed by atoms with Crippen LogP contribution in [0, 0.1) is 19.8 Å². The quantitative estimate of drug-likeness (QED) is 0.390. The third kappa shape index (κ3) is 5.53. The van der Waals surface area contributed by atoms with E-state index in [2.05, 4.69) is 22.5 Å². The maximum absolute atomic E-state index is 13.7. The number of aromatic amines is 1. The van der Waals surface area contributed by atoms with Gasteiger partial charge in [-0.2, -0.15) is 0 Å². The number of para-hydroxylation sites is 1. The Morgan fingerprint density at radius 1 is 1.13 bits per heavy atom. The number of ketones is 1. The van der Waals surface area contributed by atoms with Gasteiger partial charge >= 0.3 is 0 Å². The van der Waals surface area contributed by atoms with E-state index in [1.165, 1.54) is 7.11 Å². The molecule has 1 fully saturated rings. The van der Waals surface area contributed by atoms with Crippen molar-refractivity contribution in [1.82, 2.24) is 14.5 Å². The van der Waals surface area contributed by atoms with Crippen LogP contribution < -0.4 is 10.3 Å². The third-order valence-corrected chi connectivity index (χ3v) is 8.43. The van der Waals surface area contributed by atoms with Crippen LogP contribution in [0.5, 0.6) is 5.75 Å². The van der Waals surface area contributed by atoms with Crippen molar-refractivity contribution in [2.75, 3.05) is 27.3 Å². The lowest BCUT2D eigenvalue weighted by atomic mass is 9.89. The van der Waals surface area contributed by atoms with Gasteiger partial charge in [-0.15, -0.1) is 0 Å². The second-order valence-electron chi connectivity index (χ2n) is 11.2. The first kappa shape index (κ1) is 28.6. The molecular formula is C31H41N3O5. The van der Waals surface area contributed by atoms with Crippen LogP contribution in [0.15, 0.2) is 35.1 Å². The van der Waals surface area contributed by atoms with Crippen LogP contribution in [0.2, 0.25) is 0 Å². The standard InChI is InChI=1S/C31H41N3O5/c1-19-18-27(38-6)24(29(36)32-19)12-13-26(35)28-21(3)34(25-11-9-8-10-23(25)28)20(2)22-14-16-33(17-15-22)30(37)31(4,5)39-7/h8-11,18,20,22H,12-17H2,1-7H3,(H,32,36)/t20-/m1/s1. The zero-order chi connectivity index (χ0) is 28.5. The van der Waals surface area contributed by atoms with E-state index >= 15 is 0 Å². The SMILES string of the molecule is COc1cc(C)[nH]c(=O)c1CCC(=O)c1c(C)n([C@H](C)C2CCN(C(=O)C(C)(C)OC)CC2)c2ccccc12. The molecule has 3 heterocycles. The highest BCUT2D eigenvalue weighted by molar-refractivity contribution is 6.09. The minimum absolute atomic E-state index is 0.0129. The Morgan fingerprint density at radius 3 is 2.44 bits per heavy atom. The Balaban J connectivity index is 1.57. The van der Waals surface area contributed by atoms with Gasteiger partial charge < -0.3 is 23.9 Å². The number of likely N-dealkylation sites (tertiary alicyclic amines) is 1. The molecule has 39 heavy (non-hydrogen) atoms. The van der Waals surface area contributed by atoms with Gasteiger partial charge in [0.25, 0.3) is 11.5 Å². The molecule has 0 unspecified atom stereocenters. The summed E-state index contributed by atoms with van der Waals surface area (Å²) in [5.74, 6) is 0.914. The van der Waals surface area contributed by atoms with Gasteiger partial charge in [-0.1, -0.05) is 18.2 Å². The summed E-state index contributed by atoms with van der Waals surface area (Å²) in [6.07, 6.45) is 2.29. The Labute approximate surface area is 230 Å². The molecule has 1 aromatic carbocycles. The number of piperidine rings is 1. The molecule has 3 aromatic rings. The molecular weight excluding hydrogens is 494 g/mol. The largest absolute Gasteiger partial charge is 0.496 e. The number of amides is 1. The second kappa shape index (κ2) is 11.4. The molecule has 1 aliphatic heterocycles. The number of fused-ring (bicyclic) bond motifs is 1. The highest BCUT2D eigenvalue weighted by Crippen LogP contribution is 2.36. The van der Waals surface area contributed by atoms with Crippen molar-refractivity contribution in [3.63, 3.8) is 0 Å². The normalized spacial score (nSPS) is 15.5. The summed E-state index contributed by atoms with van der Waals surface area (Å²) in [5, 5.41) is 0.936. The predicted octanol–water partition coefficient (Wildman–Crippen LogP) is 5.00. The number of carbonyl (C=O) groups is 2. The van der Waals surface area contributed by atoms with E-state index in [0.717, 1.165) is 40.7 Å². The number of nitrogens with one attached hydrogen (secondary N) is 1. The van der Waals surface area contributed by atoms with Crippen LogP contribution >= 0.6 is 0 Å². The van der Waals surface area contributed by atoms with Gasteiger partial charge in [0.1, 0.15) is 11.4 Å². The van der Waals surface area contributed by atoms with Crippen molar-refractivity contribution in [2.24, 2.45) is 5.92 Å². The van der Waals surface area contributed by atoms with Crippen LogP contribution in [0.25, 0.3) is 10.9 Å². The fourth-order valence-corrected chi connectivity index (χ4v) is 6.00. The average molecular weight is 536 g/mol. The lowest BCUT2D eigenvalue weighted by Gasteiger charge is -2.38. The van der Waals surface area contributed by atoms with Gasteiger partial charge in [0, 0.05) is 60.5 Å². The Hall–Kier alpha value is -3.39. The Bertz CT molecular complexity index is 1430. The lowest BCUT2D eigenvalue weighted by Crippen LogP contribution is -2.49. The number of H-pyrrole nitrogens is 1. The van der Waals surface area contributed by atoms with E-state index in [-0.39, 0.29) is 29.7 Å². The van der Waals surface area contributed by atoms with E-state index < -0.39 is 5.60 Å². The van der Waals surface area contributed by atoms with E-state index in [1.807, 2.05) is 43.9 Å². The maximum atomic E-state index is 13.7. The average Bonchev–Trinajstić information content (AvgIpc) is 3.22. The summed E-state index contributed by atoms with van der Waals surface area (Å²) in [6, 6.07) is 9.99. The van der Waals surface area contributed by atoms with Crippen molar-refractivity contribution in [2.45, 2.75) is 71.9 Å². The number of methoxy groups -OCH3 is 2. The fourth-order valence-electron chi connectivity index (χ4n) is 6.00. The summed E-state index contributed by atoms with van der Waals surface area (Å²) >= 11 is 0. The number of nitrogens with zero attached hydrogens (tertiary/aromatic N) is 2. The monoisotopic (exact) mass is 535 g/mol. The van der Waals surface area contributed by atoms with Gasteiger partial charge in [-0.25, -0.2) is 0 Å². The topological polar surface area (TPSA) is 93.6 Å². The minimum atomic E-state index is -0.825. The first-order chi connectivity index (χ1) is 18.5. The van der Waals surface area contributed by atoms with Crippen molar-refractivity contribution < 1.29 is 19.1 Å². The zero-order valence-electron chi connectivity index (χ0n) is 24.2. The fraction of sp³-hybridized carbons (Fsp3) is 0.516. The molecule has 0 aliphatic carbocycles. The van der Waals surface area contributed by atoms with Gasteiger partial charge in [-0.3, -0.25) is 14.4 Å². The molecule has 2 aromatic heterocycles. The number of aromatic nitrogens is 2. The first-order valence-electron chi connectivity index (χ1n) is 13.7. The molecule has 0 radical (unpaired) electrons. The first-order valence-corrected chi connectivity index (χ1v) is 13.7. The molecule has 0 bridgehead atoms. The third-order valence-electron chi connectivity index (χ3n) is 8.43. The van der Waals surface area contributed by atoms with Crippen LogP contribution in [0.4, 0.5) is 0 Å². The smallest absolute Gasteiger partial charge is 0.255 e. The van der Waals surface area contributed by atoms with Crippen molar-refractivity contribution in [3.8, 4) is 5.75 Å². The number of hydrogen-bond donors (Lipinski definition) is 1. The molecule has 0 spiro atoms. The minimum Gasteiger partial charge on any atom is -0.496 e. The summed E-state index contributed by atoms with van der Waals surface area (Å²) in [4.78, 5) is 43.8.